The summed E-state index contributed by atoms with van der Waals surface area (Å²) in [7, 11) is -0.725. The van der Waals surface area contributed by atoms with Crippen LogP contribution in [-0.2, 0) is 21.4 Å². The number of hydrogen-bond acceptors (Lipinski definition) is 4. The highest BCUT2D eigenvalue weighted by molar-refractivity contribution is 7.89. The molecule has 0 aliphatic rings. The van der Waals surface area contributed by atoms with Gasteiger partial charge in [0.15, 0.2) is 0 Å². The van der Waals surface area contributed by atoms with Crippen molar-refractivity contribution in [3.05, 3.63) is 60.2 Å². The second-order valence-corrected chi connectivity index (χ2v) is 7.97. The number of para-hydroxylation sites is 1. The van der Waals surface area contributed by atoms with Crippen LogP contribution in [0.25, 0.3) is 0 Å². The second-order valence-electron chi connectivity index (χ2n) is 5.85. The SMILES string of the molecule is CN(C)S(=O)(=O)c1ccccc1CNC(=O)CNC(=O)Nc1ccccc1. The molecule has 0 saturated carbocycles. The summed E-state index contributed by atoms with van der Waals surface area (Å²) in [5.41, 5.74) is 1.08. The number of benzene rings is 2. The maximum Gasteiger partial charge on any atom is 0.319 e. The minimum absolute atomic E-state index is 0.0318. The molecule has 0 aliphatic carbocycles. The van der Waals surface area contributed by atoms with E-state index in [1.807, 2.05) is 6.07 Å². The lowest BCUT2D eigenvalue weighted by Gasteiger charge is -2.15. The first kappa shape index (κ1) is 20.4. The molecule has 0 atom stereocenters. The molecule has 2 aromatic carbocycles. The summed E-state index contributed by atoms with van der Waals surface area (Å²) in [6.45, 7) is -0.203. The van der Waals surface area contributed by atoms with Crippen LogP contribution >= 0.6 is 0 Å². The molecule has 0 aromatic heterocycles. The smallest absolute Gasteiger partial charge is 0.319 e. The van der Waals surface area contributed by atoms with Gasteiger partial charge in [-0.1, -0.05) is 36.4 Å². The van der Waals surface area contributed by atoms with Crippen molar-refractivity contribution >= 4 is 27.6 Å². The summed E-state index contributed by atoms with van der Waals surface area (Å²) in [6.07, 6.45) is 0. The molecule has 0 unspecified atom stereocenters. The molecule has 0 aliphatic heterocycles. The van der Waals surface area contributed by atoms with Gasteiger partial charge in [0.05, 0.1) is 11.4 Å². The van der Waals surface area contributed by atoms with Gasteiger partial charge in [-0.15, -0.1) is 0 Å². The highest BCUT2D eigenvalue weighted by atomic mass is 32.2. The van der Waals surface area contributed by atoms with Gasteiger partial charge in [0.2, 0.25) is 15.9 Å². The van der Waals surface area contributed by atoms with E-state index in [0.29, 0.717) is 11.3 Å². The zero-order valence-electron chi connectivity index (χ0n) is 15.1. The predicted octanol–water partition coefficient (Wildman–Crippen LogP) is 1.37. The van der Waals surface area contributed by atoms with Gasteiger partial charge in [-0.25, -0.2) is 17.5 Å². The summed E-state index contributed by atoms with van der Waals surface area (Å²) in [5, 5.41) is 7.64. The molecule has 0 radical (unpaired) electrons. The summed E-state index contributed by atoms with van der Waals surface area (Å²) in [6, 6.07) is 14.8. The zero-order chi connectivity index (χ0) is 19.9. The van der Waals surface area contributed by atoms with E-state index in [4.69, 9.17) is 0 Å². The first-order valence-electron chi connectivity index (χ1n) is 8.17. The minimum atomic E-state index is -3.61. The monoisotopic (exact) mass is 390 g/mol. The maximum atomic E-state index is 12.3. The Labute approximate surface area is 158 Å². The van der Waals surface area contributed by atoms with Gasteiger partial charge in [0, 0.05) is 26.3 Å². The van der Waals surface area contributed by atoms with Crippen LogP contribution < -0.4 is 16.0 Å². The number of amides is 3. The fraction of sp³-hybridized carbons (Fsp3) is 0.222. The summed E-state index contributed by atoms with van der Waals surface area (Å²) < 4.78 is 25.8. The van der Waals surface area contributed by atoms with E-state index < -0.39 is 22.0 Å². The van der Waals surface area contributed by atoms with Crippen LogP contribution in [0.2, 0.25) is 0 Å². The van der Waals surface area contributed by atoms with Crippen LogP contribution in [0.3, 0.4) is 0 Å². The van der Waals surface area contributed by atoms with E-state index in [-0.39, 0.29) is 18.0 Å². The molecular weight excluding hydrogens is 368 g/mol. The number of urea groups is 1. The molecule has 8 nitrogen and oxygen atoms in total. The fourth-order valence-electron chi connectivity index (χ4n) is 2.21. The molecule has 3 N–H and O–H groups in total. The lowest BCUT2D eigenvalue weighted by atomic mass is 10.2. The van der Waals surface area contributed by atoms with Crippen LogP contribution in [0.1, 0.15) is 5.56 Å². The van der Waals surface area contributed by atoms with Crippen LogP contribution in [0, 0.1) is 0 Å². The van der Waals surface area contributed by atoms with Crippen LogP contribution in [0.15, 0.2) is 59.5 Å². The molecular formula is C18H22N4O4S. The summed E-state index contributed by atoms with van der Waals surface area (Å²) >= 11 is 0. The minimum Gasteiger partial charge on any atom is -0.350 e. The Morgan fingerprint density at radius 2 is 1.56 bits per heavy atom. The van der Waals surface area contributed by atoms with Gasteiger partial charge in [-0.2, -0.15) is 0 Å². The van der Waals surface area contributed by atoms with Crippen LogP contribution in [-0.4, -0.2) is 45.3 Å². The lowest BCUT2D eigenvalue weighted by Crippen LogP contribution is -2.38. The number of carbonyl (C=O) groups is 2. The van der Waals surface area contributed by atoms with Crippen molar-refractivity contribution in [2.45, 2.75) is 11.4 Å². The summed E-state index contributed by atoms with van der Waals surface area (Å²) in [5.74, 6) is -0.435. The number of sulfonamides is 1. The molecule has 0 spiro atoms. The lowest BCUT2D eigenvalue weighted by molar-refractivity contribution is -0.120. The number of rotatable bonds is 7. The number of hydrogen-bond donors (Lipinski definition) is 3. The fourth-order valence-corrected chi connectivity index (χ4v) is 3.33. The molecule has 2 aromatic rings. The third-order valence-electron chi connectivity index (χ3n) is 3.65. The van der Waals surface area contributed by atoms with Crippen LogP contribution in [0.5, 0.6) is 0 Å². The van der Waals surface area contributed by atoms with Crippen molar-refractivity contribution in [3.8, 4) is 0 Å². The highest BCUT2D eigenvalue weighted by Crippen LogP contribution is 2.18. The van der Waals surface area contributed by atoms with Crippen molar-refractivity contribution in [1.82, 2.24) is 14.9 Å². The van der Waals surface area contributed by atoms with Gasteiger partial charge in [0.25, 0.3) is 0 Å². The molecule has 144 valence electrons. The Balaban J connectivity index is 1.88. The largest absolute Gasteiger partial charge is 0.350 e. The van der Waals surface area contributed by atoms with E-state index in [1.165, 1.54) is 20.2 Å². The van der Waals surface area contributed by atoms with Crippen LogP contribution in [0.4, 0.5) is 10.5 Å². The average Bonchev–Trinajstić information content (AvgIpc) is 2.65. The van der Waals surface area contributed by atoms with E-state index in [0.717, 1.165) is 4.31 Å². The molecule has 0 saturated heterocycles. The van der Waals surface area contributed by atoms with Crippen molar-refractivity contribution < 1.29 is 18.0 Å². The third-order valence-corrected chi connectivity index (χ3v) is 5.56. The zero-order valence-corrected chi connectivity index (χ0v) is 15.9. The topological polar surface area (TPSA) is 108 Å². The number of anilines is 1. The van der Waals surface area contributed by atoms with E-state index in [1.54, 1.807) is 42.5 Å². The Morgan fingerprint density at radius 3 is 2.22 bits per heavy atom. The van der Waals surface area contributed by atoms with Gasteiger partial charge in [0.1, 0.15) is 0 Å². The molecule has 2 rings (SSSR count). The van der Waals surface area contributed by atoms with Crippen molar-refractivity contribution in [2.75, 3.05) is 26.0 Å². The molecule has 0 fully saturated rings. The summed E-state index contributed by atoms with van der Waals surface area (Å²) in [4.78, 5) is 23.8. The molecule has 0 heterocycles. The molecule has 27 heavy (non-hydrogen) atoms. The normalized spacial score (nSPS) is 11.1. The standard InChI is InChI=1S/C18H22N4O4S/c1-22(2)27(25,26)16-11-7-6-8-14(16)12-19-17(23)13-20-18(24)21-15-9-4-3-5-10-15/h3-11H,12-13H2,1-2H3,(H,19,23)(H2,20,21,24). The Morgan fingerprint density at radius 1 is 0.926 bits per heavy atom. The van der Waals surface area contributed by atoms with Crippen molar-refractivity contribution in [1.29, 1.82) is 0 Å². The van der Waals surface area contributed by atoms with E-state index >= 15 is 0 Å². The molecule has 0 bridgehead atoms. The average molecular weight is 390 g/mol. The van der Waals surface area contributed by atoms with Crippen molar-refractivity contribution in [2.24, 2.45) is 0 Å². The van der Waals surface area contributed by atoms with Gasteiger partial charge in [-0.3, -0.25) is 4.79 Å². The number of nitrogens with one attached hydrogen (secondary N) is 3. The quantitative estimate of drug-likeness (QED) is 0.664. The van der Waals surface area contributed by atoms with Gasteiger partial charge < -0.3 is 16.0 Å². The Kier molecular flexibility index (Phi) is 6.91. The maximum absolute atomic E-state index is 12.3. The molecule has 9 heteroatoms. The third kappa shape index (κ3) is 5.80. The van der Waals surface area contributed by atoms with Gasteiger partial charge in [-0.05, 0) is 23.8 Å². The van der Waals surface area contributed by atoms with E-state index in [9.17, 15) is 18.0 Å². The Bertz CT molecular complexity index is 899. The second kappa shape index (κ2) is 9.15. The Hall–Kier alpha value is -2.91. The predicted molar refractivity (Wildman–Crippen MR) is 103 cm³/mol. The van der Waals surface area contributed by atoms with Crippen molar-refractivity contribution in [3.63, 3.8) is 0 Å². The number of nitrogens with zero attached hydrogens (tertiary/aromatic N) is 1. The molecule has 3 amide bonds. The van der Waals surface area contributed by atoms with Gasteiger partial charge >= 0.3 is 6.03 Å². The first-order chi connectivity index (χ1) is 12.8. The highest BCUT2D eigenvalue weighted by Gasteiger charge is 2.20. The first-order valence-corrected chi connectivity index (χ1v) is 9.62. The number of carbonyl (C=O) groups excluding carboxylic acids is 2. The van der Waals surface area contributed by atoms with E-state index in [2.05, 4.69) is 16.0 Å².